The van der Waals surface area contributed by atoms with E-state index in [2.05, 4.69) is 4.52 Å². The van der Waals surface area contributed by atoms with Gasteiger partial charge in [0.05, 0.1) is 0 Å². The number of aromatic nitrogens is 1. The van der Waals surface area contributed by atoms with Gasteiger partial charge in [-0.2, -0.15) is 0 Å². The van der Waals surface area contributed by atoms with Crippen LogP contribution in [-0.4, -0.2) is 15.8 Å². The zero-order valence-corrected chi connectivity index (χ0v) is 8.81. The van der Waals surface area contributed by atoms with Crippen molar-refractivity contribution in [3.8, 4) is 11.1 Å². The number of rotatable bonds is 2. The van der Waals surface area contributed by atoms with Gasteiger partial charge in [0.2, 0.25) is 0 Å². The van der Waals surface area contributed by atoms with E-state index in [0.717, 1.165) is 10.8 Å². The SMILES string of the molecule is Cn1oc(=O)c(-c2ccccc2F)c1C(=O)O. The van der Waals surface area contributed by atoms with Gasteiger partial charge in [-0.05, 0) is 6.07 Å². The number of aryl methyl sites for hydroxylation is 1. The van der Waals surface area contributed by atoms with Crippen LogP contribution in [0.15, 0.2) is 33.6 Å². The van der Waals surface area contributed by atoms with Crippen LogP contribution in [0.1, 0.15) is 10.5 Å². The molecule has 1 aromatic heterocycles. The molecule has 0 atom stereocenters. The topological polar surface area (TPSA) is 72.4 Å². The number of halogens is 1. The summed E-state index contributed by atoms with van der Waals surface area (Å²) in [5.74, 6) is -2.02. The predicted octanol–water partition coefficient (Wildman–Crippen LogP) is 1.48. The number of hydrogen-bond donors (Lipinski definition) is 1. The van der Waals surface area contributed by atoms with Crippen LogP contribution in [0.5, 0.6) is 0 Å². The van der Waals surface area contributed by atoms with E-state index in [9.17, 15) is 14.0 Å². The second kappa shape index (κ2) is 3.89. The molecule has 0 radical (unpaired) electrons. The van der Waals surface area contributed by atoms with Crippen molar-refractivity contribution in [2.24, 2.45) is 7.05 Å². The number of nitrogens with zero attached hydrogens (tertiary/aromatic N) is 1. The molecule has 1 N–H and O–H groups in total. The fourth-order valence-corrected chi connectivity index (χ4v) is 1.61. The highest BCUT2D eigenvalue weighted by Gasteiger charge is 2.24. The molecule has 1 aromatic carbocycles. The standard InChI is InChI=1S/C11H8FNO4/c1-13-9(10(14)15)8(11(16)17-13)6-4-2-3-5-7(6)12/h2-5H,1H3,(H,14,15). The fourth-order valence-electron chi connectivity index (χ4n) is 1.61. The molecule has 0 aliphatic rings. The Balaban J connectivity index is 2.81. The van der Waals surface area contributed by atoms with Crippen molar-refractivity contribution < 1.29 is 18.8 Å². The van der Waals surface area contributed by atoms with Gasteiger partial charge in [-0.1, -0.05) is 18.2 Å². The van der Waals surface area contributed by atoms with E-state index in [0.29, 0.717) is 0 Å². The summed E-state index contributed by atoms with van der Waals surface area (Å²) in [6.07, 6.45) is 0. The lowest BCUT2D eigenvalue weighted by Crippen LogP contribution is -2.07. The zero-order valence-electron chi connectivity index (χ0n) is 8.81. The minimum Gasteiger partial charge on any atom is -0.476 e. The Morgan fingerprint density at radius 2 is 2.06 bits per heavy atom. The molecule has 0 saturated heterocycles. The first-order valence-electron chi connectivity index (χ1n) is 4.71. The molecule has 5 nitrogen and oxygen atoms in total. The summed E-state index contributed by atoms with van der Waals surface area (Å²) in [6, 6.07) is 5.43. The van der Waals surface area contributed by atoms with Gasteiger partial charge >= 0.3 is 11.6 Å². The third-order valence-electron chi connectivity index (χ3n) is 2.32. The van der Waals surface area contributed by atoms with Crippen molar-refractivity contribution in [3.05, 3.63) is 46.2 Å². The van der Waals surface area contributed by atoms with Crippen molar-refractivity contribution in [1.29, 1.82) is 0 Å². The van der Waals surface area contributed by atoms with E-state index >= 15 is 0 Å². The Morgan fingerprint density at radius 1 is 1.41 bits per heavy atom. The number of aromatic carboxylic acids is 1. The number of benzene rings is 1. The Hall–Kier alpha value is -2.37. The first-order valence-corrected chi connectivity index (χ1v) is 4.71. The average Bonchev–Trinajstić information content (AvgIpc) is 2.54. The molecular weight excluding hydrogens is 229 g/mol. The molecule has 0 saturated carbocycles. The third kappa shape index (κ3) is 1.73. The van der Waals surface area contributed by atoms with Crippen LogP contribution in [0.3, 0.4) is 0 Å². The number of carboxylic acids is 1. The lowest BCUT2D eigenvalue weighted by atomic mass is 10.1. The summed E-state index contributed by atoms with van der Waals surface area (Å²) in [6.45, 7) is 0. The van der Waals surface area contributed by atoms with Crippen molar-refractivity contribution in [1.82, 2.24) is 4.74 Å². The summed E-state index contributed by atoms with van der Waals surface area (Å²) < 4.78 is 19.0. The molecule has 1 heterocycles. The first kappa shape index (κ1) is 11.1. The molecule has 0 aliphatic heterocycles. The molecule has 2 aromatic rings. The van der Waals surface area contributed by atoms with Crippen molar-refractivity contribution in [3.63, 3.8) is 0 Å². The van der Waals surface area contributed by atoms with Crippen LogP contribution in [0.4, 0.5) is 4.39 Å². The first-order chi connectivity index (χ1) is 8.02. The minimum absolute atomic E-state index is 0.0840. The molecule has 0 aliphatic carbocycles. The van der Waals surface area contributed by atoms with E-state index in [1.165, 1.54) is 25.2 Å². The van der Waals surface area contributed by atoms with Crippen molar-refractivity contribution >= 4 is 5.97 Å². The highest BCUT2D eigenvalue weighted by Crippen LogP contribution is 2.23. The van der Waals surface area contributed by atoms with Gasteiger partial charge in [-0.15, -0.1) is 0 Å². The highest BCUT2D eigenvalue weighted by molar-refractivity contribution is 5.93. The van der Waals surface area contributed by atoms with Crippen molar-refractivity contribution in [2.75, 3.05) is 0 Å². The predicted molar refractivity (Wildman–Crippen MR) is 56.3 cm³/mol. The van der Waals surface area contributed by atoms with Gasteiger partial charge in [0.1, 0.15) is 11.4 Å². The van der Waals surface area contributed by atoms with Gasteiger partial charge in [-0.3, -0.25) is 0 Å². The van der Waals surface area contributed by atoms with Crippen LogP contribution in [-0.2, 0) is 7.05 Å². The summed E-state index contributed by atoms with van der Waals surface area (Å²) in [4.78, 5) is 22.5. The average molecular weight is 237 g/mol. The molecule has 0 fully saturated rings. The van der Waals surface area contributed by atoms with Crippen LogP contribution in [0.2, 0.25) is 0 Å². The van der Waals surface area contributed by atoms with Crippen LogP contribution in [0, 0.1) is 5.82 Å². The molecule has 0 unspecified atom stereocenters. The van der Waals surface area contributed by atoms with E-state index in [1.807, 2.05) is 0 Å². The largest absolute Gasteiger partial charge is 0.476 e. The molecule has 0 spiro atoms. The molecule has 0 amide bonds. The quantitative estimate of drug-likeness (QED) is 0.858. The van der Waals surface area contributed by atoms with Crippen LogP contribution >= 0.6 is 0 Å². The number of carboxylic acid groups (broad SMARTS) is 1. The summed E-state index contributed by atoms with van der Waals surface area (Å²) in [7, 11) is 1.27. The lowest BCUT2D eigenvalue weighted by molar-refractivity contribution is 0.0673. The van der Waals surface area contributed by atoms with Crippen LogP contribution < -0.4 is 5.63 Å². The van der Waals surface area contributed by atoms with Crippen molar-refractivity contribution in [2.45, 2.75) is 0 Å². The Kier molecular flexibility index (Phi) is 2.55. The Morgan fingerprint density at radius 3 is 2.65 bits per heavy atom. The maximum absolute atomic E-state index is 13.5. The second-order valence-corrected chi connectivity index (χ2v) is 3.38. The normalized spacial score (nSPS) is 10.5. The second-order valence-electron chi connectivity index (χ2n) is 3.38. The van der Waals surface area contributed by atoms with E-state index in [1.54, 1.807) is 0 Å². The Bertz CT molecular complexity index is 641. The molecule has 88 valence electrons. The monoisotopic (exact) mass is 237 g/mol. The van der Waals surface area contributed by atoms with E-state index in [4.69, 9.17) is 5.11 Å². The molecule has 2 rings (SSSR count). The fraction of sp³-hybridized carbons (Fsp3) is 0.0909. The molecule has 17 heavy (non-hydrogen) atoms. The lowest BCUT2D eigenvalue weighted by Gasteiger charge is -2.00. The zero-order chi connectivity index (χ0) is 12.6. The Labute approximate surface area is 94.7 Å². The molecular formula is C11H8FNO4. The number of carbonyl (C=O) groups is 1. The van der Waals surface area contributed by atoms with Gasteiger partial charge < -0.3 is 9.63 Å². The number of hydrogen-bond acceptors (Lipinski definition) is 3. The molecule has 6 heteroatoms. The summed E-state index contributed by atoms with van der Waals surface area (Å²) in [5, 5.41) is 8.97. The van der Waals surface area contributed by atoms with Gasteiger partial charge in [0, 0.05) is 12.6 Å². The van der Waals surface area contributed by atoms with Gasteiger partial charge in [0.15, 0.2) is 5.69 Å². The molecule has 0 bridgehead atoms. The van der Waals surface area contributed by atoms with Gasteiger partial charge in [-0.25, -0.2) is 18.7 Å². The minimum atomic E-state index is -1.35. The van der Waals surface area contributed by atoms with Gasteiger partial charge in [0.25, 0.3) is 0 Å². The smallest absolute Gasteiger partial charge is 0.366 e. The third-order valence-corrected chi connectivity index (χ3v) is 2.32. The summed E-state index contributed by atoms with van der Waals surface area (Å²) in [5.41, 5.74) is -1.62. The summed E-state index contributed by atoms with van der Waals surface area (Å²) >= 11 is 0. The maximum Gasteiger partial charge on any atom is 0.366 e. The van der Waals surface area contributed by atoms with E-state index in [-0.39, 0.29) is 16.8 Å². The van der Waals surface area contributed by atoms with E-state index < -0.39 is 17.4 Å². The van der Waals surface area contributed by atoms with Crippen LogP contribution in [0.25, 0.3) is 11.1 Å². The maximum atomic E-state index is 13.5. The highest BCUT2D eigenvalue weighted by atomic mass is 19.1.